The summed E-state index contributed by atoms with van der Waals surface area (Å²) in [6.45, 7) is 8.17. The number of benzene rings is 1. The molecule has 1 heterocycles. The molecule has 5 nitrogen and oxygen atoms in total. The standard InChI is InChI=1S/C21H27NO4/c1-5-12-25-20(23)17-14(3)22-15(4)18(21(24)26-13-6-2)19(17)16-10-8-7-9-11-16/h7-11,17,19H,5-6,12-13H2,1-4H3. The lowest BCUT2D eigenvalue weighted by Gasteiger charge is -2.31. The summed E-state index contributed by atoms with van der Waals surface area (Å²) < 4.78 is 10.8. The highest BCUT2D eigenvalue weighted by Gasteiger charge is 2.42. The average Bonchev–Trinajstić information content (AvgIpc) is 2.64. The van der Waals surface area contributed by atoms with E-state index >= 15 is 0 Å². The molecule has 2 atom stereocenters. The first kappa shape index (κ1) is 19.9. The number of carbonyl (C=O) groups is 2. The lowest BCUT2D eigenvalue weighted by molar-refractivity contribution is -0.146. The minimum Gasteiger partial charge on any atom is -0.465 e. The molecule has 0 radical (unpaired) electrons. The highest BCUT2D eigenvalue weighted by Crippen LogP contribution is 2.40. The van der Waals surface area contributed by atoms with Crippen LogP contribution in [0.25, 0.3) is 0 Å². The van der Waals surface area contributed by atoms with Crippen molar-refractivity contribution in [1.29, 1.82) is 0 Å². The normalized spacial score (nSPS) is 19.8. The van der Waals surface area contributed by atoms with Crippen LogP contribution in [0.3, 0.4) is 0 Å². The highest BCUT2D eigenvalue weighted by molar-refractivity contribution is 6.07. The summed E-state index contributed by atoms with van der Waals surface area (Å²) >= 11 is 0. The van der Waals surface area contributed by atoms with Gasteiger partial charge in [-0.3, -0.25) is 9.79 Å². The Kier molecular flexibility index (Phi) is 7.13. The van der Waals surface area contributed by atoms with Crippen LogP contribution in [0.4, 0.5) is 0 Å². The molecule has 140 valence electrons. The molecule has 0 aromatic heterocycles. The molecular formula is C21H27NO4. The van der Waals surface area contributed by atoms with E-state index in [1.807, 2.05) is 51.1 Å². The second kappa shape index (κ2) is 9.32. The Hall–Kier alpha value is -2.43. The van der Waals surface area contributed by atoms with Gasteiger partial charge in [-0.2, -0.15) is 0 Å². The Morgan fingerprint density at radius 2 is 1.62 bits per heavy atom. The van der Waals surface area contributed by atoms with E-state index in [1.54, 1.807) is 6.92 Å². The van der Waals surface area contributed by atoms with E-state index in [2.05, 4.69) is 4.99 Å². The zero-order valence-corrected chi connectivity index (χ0v) is 16.0. The first-order valence-corrected chi connectivity index (χ1v) is 9.15. The SMILES string of the molecule is CCCOC(=O)C1=C(C)N=C(C)C(C(=O)OCCC)C1c1ccccc1. The molecule has 1 aliphatic rings. The molecular weight excluding hydrogens is 330 g/mol. The number of hydrogen-bond donors (Lipinski definition) is 0. The fraction of sp³-hybridized carbons (Fsp3) is 0.476. The van der Waals surface area contributed by atoms with Crippen molar-refractivity contribution in [3.63, 3.8) is 0 Å². The van der Waals surface area contributed by atoms with Gasteiger partial charge in [0.25, 0.3) is 0 Å². The maximum Gasteiger partial charge on any atom is 0.336 e. The highest BCUT2D eigenvalue weighted by atomic mass is 16.5. The van der Waals surface area contributed by atoms with E-state index in [1.165, 1.54) is 0 Å². The number of rotatable bonds is 7. The van der Waals surface area contributed by atoms with Crippen LogP contribution in [-0.2, 0) is 19.1 Å². The maximum atomic E-state index is 12.8. The Morgan fingerprint density at radius 3 is 2.23 bits per heavy atom. The van der Waals surface area contributed by atoms with Crippen LogP contribution in [0.15, 0.2) is 46.6 Å². The molecule has 5 heteroatoms. The number of carbonyl (C=O) groups excluding carboxylic acids is 2. The number of allylic oxidation sites excluding steroid dienone is 1. The molecule has 0 saturated carbocycles. The Morgan fingerprint density at radius 1 is 1.00 bits per heavy atom. The van der Waals surface area contributed by atoms with Gasteiger partial charge in [-0.15, -0.1) is 0 Å². The van der Waals surface area contributed by atoms with Crippen molar-refractivity contribution >= 4 is 17.7 Å². The number of esters is 2. The summed E-state index contributed by atoms with van der Waals surface area (Å²) in [4.78, 5) is 30.0. The van der Waals surface area contributed by atoms with Gasteiger partial charge in [-0.05, 0) is 32.3 Å². The van der Waals surface area contributed by atoms with Gasteiger partial charge in [-0.25, -0.2) is 4.79 Å². The van der Waals surface area contributed by atoms with E-state index < -0.39 is 17.8 Å². The summed E-state index contributed by atoms with van der Waals surface area (Å²) in [7, 11) is 0. The minimum absolute atomic E-state index is 0.338. The van der Waals surface area contributed by atoms with Crippen LogP contribution in [0.2, 0.25) is 0 Å². The molecule has 1 aliphatic heterocycles. The van der Waals surface area contributed by atoms with Crippen LogP contribution < -0.4 is 0 Å². The lowest BCUT2D eigenvalue weighted by Crippen LogP contribution is -2.36. The predicted molar refractivity (Wildman–Crippen MR) is 101 cm³/mol. The number of nitrogens with zero attached hydrogens (tertiary/aromatic N) is 1. The van der Waals surface area contributed by atoms with E-state index in [0.717, 1.165) is 18.4 Å². The minimum atomic E-state index is -0.628. The van der Waals surface area contributed by atoms with Gasteiger partial charge in [0.05, 0.1) is 18.8 Å². The topological polar surface area (TPSA) is 65.0 Å². The summed E-state index contributed by atoms with van der Waals surface area (Å²) in [5.41, 5.74) is 2.57. The summed E-state index contributed by atoms with van der Waals surface area (Å²) in [6, 6.07) is 9.54. The van der Waals surface area contributed by atoms with Crippen molar-refractivity contribution in [2.75, 3.05) is 13.2 Å². The van der Waals surface area contributed by atoms with Crippen LogP contribution in [-0.4, -0.2) is 30.9 Å². The van der Waals surface area contributed by atoms with E-state index in [4.69, 9.17) is 9.47 Å². The van der Waals surface area contributed by atoms with Crippen molar-refractivity contribution in [1.82, 2.24) is 0 Å². The predicted octanol–water partition coefficient (Wildman–Crippen LogP) is 4.04. The quantitative estimate of drug-likeness (QED) is 0.691. The third kappa shape index (κ3) is 4.40. The largest absolute Gasteiger partial charge is 0.465 e. The molecule has 1 aromatic rings. The number of hydrogen-bond acceptors (Lipinski definition) is 5. The van der Waals surface area contributed by atoms with Gasteiger partial charge in [0.15, 0.2) is 0 Å². The molecule has 0 fully saturated rings. The molecule has 0 spiro atoms. The summed E-state index contributed by atoms with van der Waals surface area (Å²) in [5.74, 6) is -1.85. The molecule has 0 bridgehead atoms. The van der Waals surface area contributed by atoms with Crippen molar-refractivity contribution < 1.29 is 19.1 Å². The summed E-state index contributed by atoms with van der Waals surface area (Å²) in [6.07, 6.45) is 1.48. The van der Waals surface area contributed by atoms with Gasteiger partial charge in [0.1, 0.15) is 5.92 Å². The third-order valence-electron chi connectivity index (χ3n) is 4.35. The van der Waals surface area contributed by atoms with E-state index in [9.17, 15) is 9.59 Å². The molecule has 0 amide bonds. The van der Waals surface area contributed by atoms with Gasteiger partial charge in [0, 0.05) is 17.3 Å². The van der Waals surface area contributed by atoms with E-state index in [-0.39, 0.29) is 5.97 Å². The second-order valence-corrected chi connectivity index (χ2v) is 6.42. The van der Waals surface area contributed by atoms with Gasteiger partial charge >= 0.3 is 11.9 Å². The van der Waals surface area contributed by atoms with Crippen LogP contribution >= 0.6 is 0 Å². The van der Waals surface area contributed by atoms with E-state index in [0.29, 0.717) is 30.2 Å². The Labute approximate surface area is 155 Å². The monoisotopic (exact) mass is 357 g/mol. The van der Waals surface area contributed by atoms with Crippen LogP contribution in [0.1, 0.15) is 52.0 Å². The van der Waals surface area contributed by atoms with Crippen molar-refractivity contribution in [3.8, 4) is 0 Å². The van der Waals surface area contributed by atoms with Crippen molar-refractivity contribution in [2.24, 2.45) is 10.9 Å². The van der Waals surface area contributed by atoms with Crippen molar-refractivity contribution in [3.05, 3.63) is 47.2 Å². The maximum absolute atomic E-state index is 12.8. The number of aliphatic imine (C=N–C) groups is 1. The molecule has 2 rings (SSSR count). The molecule has 0 saturated heterocycles. The van der Waals surface area contributed by atoms with Crippen LogP contribution in [0, 0.1) is 5.92 Å². The first-order valence-electron chi connectivity index (χ1n) is 9.15. The molecule has 0 N–H and O–H groups in total. The fourth-order valence-corrected chi connectivity index (χ4v) is 3.19. The number of ether oxygens (including phenoxy) is 2. The zero-order valence-electron chi connectivity index (χ0n) is 16.0. The second-order valence-electron chi connectivity index (χ2n) is 6.42. The molecule has 1 aromatic carbocycles. The smallest absolute Gasteiger partial charge is 0.336 e. The zero-order chi connectivity index (χ0) is 19.1. The molecule has 2 unspecified atom stereocenters. The molecule has 0 aliphatic carbocycles. The fourth-order valence-electron chi connectivity index (χ4n) is 3.19. The molecule has 26 heavy (non-hydrogen) atoms. The van der Waals surface area contributed by atoms with Crippen molar-refractivity contribution in [2.45, 2.75) is 46.5 Å². The van der Waals surface area contributed by atoms with Gasteiger partial charge in [0.2, 0.25) is 0 Å². The average molecular weight is 357 g/mol. The van der Waals surface area contributed by atoms with Gasteiger partial charge in [-0.1, -0.05) is 44.2 Å². The third-order valence-corrected chi connectivity index (χ3v) is 4.35. The van der Waals surface area contributed by atoms with Gasteiger partial charge < -0.3 is 9.47 Å². The van der Waals surface area contributed by atoms with Crippen LogP contribution in [0.5, 0.6) is 0 Å². The lowest BCUT2D eigenvalue weighted by atomic mass is 9.75. The first-order chi connectivity index (χ1) is 12.5. The Bertz CT molecular complexity index is 706. The summed E-state index contributed by atoms with van der Waals surface area (Å²) in [5, 5.41) is 0. The Balaban J connectivity index is 2.50.